The predicted octanol–water partition coefficient (Wildman–Crippen LogP) is 1.59. The number of nitrogens with zero attached hydrogens (tertiary/aromatic N) is 3. The number of anilines is 1. The number of carbonyl (C=O) groups is 2. The maximum atomic E-state index is 11.7. The fraction of sp³-hybridized carbons (Fsp3) is 0.429. The van der Waals surface area contributed by atoms with Gasteiger partial charge in [0.05, 0.1) is 5.75 Å². The standard InChI is InChI=1S/C14H19N5O5S/c1-10(18-19-15)13(20)17-12-5-3-11(4-6-12)9-24-14(21)16-7-8-25(2,22)23/h3-6,10H,7-9H2,1-2H3,(H,16,21)(H,17,20)/t10-/m0/s1. The molecule has 0 aliphatic rings. The molecule has 0 saturated carbocycles. The summed E-state index contributed by atoms with van der Waals surface area (Å²) in [4.78, 5) is 25.7. The highest BCUT2D eigenvalue weighted by Crippen LogP contribution is 2.11. The van der Waals surface area contributed by atoms with E-state index >= 15 is 0 Å². The fourth-order valence-corrected chi connectivity index (χ4v) is 2.07. The number of azide groups is 1. The Hall–Kier alpha value is -2.78. The van der Waals surface area contributed by atoms with Crippen molar-refractivity contribution in [2.75, 3.05) is 23.9 Å². The summed E-state index contributed by atoms with van der Waals surface area (Å²) in [6.07, 6.45) is 0.359. The Morgan fingerprint density at radius 2 is 1.96 bits per heavy atom. The zero-order valence-electron chi connectivity index (χ0n) is 13.8. The van der Waals surface area contributed by atoms with Gasteiger partial charge in [0.25, 0.3) is 0 Å². The van der Waals surface area contributed by atoms with Crippen LogP contribution in [0.15, 0.2) is 29.4 Å². The highest BCUT2D eigenvalue weighted by Gasteiger charge is 2.11. The van der Waals surface area contributed by atoms with Crippen LogP contribution < -0.4 is 10.6 Å². The van der Waals surface area contributed by atoms with E-state index in [-0.39, 0.29) is 18.9 Å². The van der Waals surface area contributed by atoms with Crippen LogP contribution in [0.25, 0.3) is 10.4 Å². The Morgan fingerprint density at radius 1 is 1.32 bits per heavy atom. The van der Waals surface area contributed by atoms with Gasteiger partial charge in [0, 0.05) is 23.4 Å². The molecule has 1 rings (SSSR count). The molecule has 1 aromatic carbocycles. The first-order valence-electron chi connectivity index (χ1n) is 7.23. The summed E-state index contributed by atoms with van der Waals surface area (Å²) in [6.45, 7) is 1.44. The van der Waals surface area contributed by atoms with Crippen molar-refractivity contribution in [3.63, 3.8) is 0 Å². The minimum Gasteiger partial charge on any atom is -0.445 e. The number of hydrogen-bond donors (Lipinski definition) is 2. The monoisotopic (exact) mass is 369 g/mol. The van der Waals surface area contributed by atoms with Gasteiger partial charge in [-0.1, -0.05) is 17.2 Å². The highest BCUT2D eigenvalue weighted by molar-refractivity contribution is 7.90. The van der Waals surface area contributed by atoms with Crippen molar-refractivity contribution in [3.8, 4) is 0 Å². The Kier molecular flexibility index (Phi) is 7.70. The van der Waals surface area contributed by atoms with Crippen molar-refractivity contribution in [1.29, 1.82) is 0 Å². The molecule has 1 aromatic rings. The van der Waals surface area contributed by atoms with E-state index in [1.165, 1.54) is 6.92 Å². The van der Waals surface area contributed by atoms with Crippen LogP contribution in [0.1, 0.15) is 12.5 Å². The van der Waals surface area contributed by atoms with Crippen LogP contribution in [0.2, 0.25) is 0 Å². The molecule has 11 heteroatoms. The molecule has 0 heterocycles. The summed E-state index contributed by atoms with van der Waals surface area (Å²) in [5.41, 5.74) is 9.47. The number of ether oxygens (including phenoxy) is 1. The second-order valence-corrected chi connectivity index (χ2v) is 7.46. The normalized spacial score (nSPS) is 11.8. The summed E-state index contributed by atoms with van der Waals surface area (Å²) in [6, 6.07) is 5.70. The number of rotatable bonds is 8. The lowest BCUT2D eigenvalue weighted by Gasteiger charge is -2.09. The lowest BCUT2D eigenvalue weighted by Crippen LogP contribution is -2.29. The second-order valence-electron chi connectivity index (χ2n) is 5.20. The predicted molar refractivity (Wildman–Crippen MR) is 91.6 cm³/mol. The quantitative estimate of drug-likeness (QED) is 0.405. The largest absolute Gasteiger partial charge is 0.445 e. The zero-order chi connectivity index (χ0) is 18.9. The summed E-state index contributed by atoms with van der Waals surface area (Å²) < 4.78 is 26.8. The number of amides is 2. The van der Waals surface area contributed by atoms with Crippen LogP contribution in [0.5, 0.6) is 0 Å². The van der Waals surface area contributed by atoms with Gasteiger partial charge >= 0.3 is 6.09 Å². The molecular weight excluding hydrogens is 350 g/mol. The first-order chi connectivity index (χ1) is 11.7. The zero-order valence-corrected chi connectivity index (χ0v) is 14.6. The van der Waals surface area contributed by atoms with E-state index in [0.717, 1.165) is 6.26 Å². The maximum Gasteiger partial charge on any atom is 0.407 e. The molecule has 136 valence electrons. The molecule has 0 unspecified atom stereocenters. The molecule has 0 saturated heterocycles. The minimum atomic E-state index is -3.14. The van der Waals surface area contributed by atoms with Gasteiger partial charge in [0.2, 0.25) is 5.91 Å². The number of benzene rings is 1. The molecule has 0 aliphatic carbocycles. The molecule has 1 atom stereocenters. The van der Waals surface area contributed by atoms with Crippen LogP contribution >= 0.6 is 0 Å². The number of alkyl carbamates (subject to hydrolysis) is 1. The molecule has 25 heavy (non-hydrogen) atoms. The fourth-order valence-electron chi connectivity index (χ4n) is 1.60. The third-order valence-electron chi connectivity index (χ3n) is 2.94. The smallest absolute Gasteiger partial charge is 0.407 e. The van der Waals surface area contributed by atoms with E-state index in [2.05, 4.69) is 20.7 Å². The van der Waals surface area contributed by atoms with Crippen molar-refractivity contribution in [1.82, 2.24) is 5.32 Å². The summed E-state index contributed by atoms with van der Waals surface area (Å²) in [5.74, 6) is -0.600. The third kappa shape index (κ3) is 8.58. The van der Waals surface area contributed by atoms with Crippen LogP contribution in [0, 0.1) is 0 Å². The lowest BCUT2D eigenvalue weighted by molar-refractivity contribution is -0.117. The van der Waals surface area contributed by atoms with E-state index in [1.54, 1.807) is 24.3 Å². The first-order valence-corrected chi connectivity index (χ1v) is 9.29. The summed E-state index contributed by atoms with van der Waals surface area (Å²) in [5, 5.41) is 8.21. The highest BCUT2D eigenvalue weighted by atomic mass is 32.2. The van der Waals surface area contributed by atoms with Gasteiger partial charge in [-0.3, -0.25) is 4.79 Å². The van der Waals surface area contributed by atoms with E-state index < -0.39 is 27.9 Å². The number of sulfone groups is 1. The molecule has 0 bridgehead atoms. The van der Waals surface area contributed by atoms with Gasteiger partial charge in [-0.2, -0.15) is 0 Å². The van der Waals surface area contributed by atoms with Crippen molar-refractivity contribution in [3.05, 3.63) is 40.3 Å². The molecule has 2 amide bonds. The van der Waals surface area contributed by atoms with Crippen molar-refractivity contribution >= 4 is 27.5 Å². The number of nitrogens with one attached hydrogen (secondary N) is 2. The van der Waals surface area contributed by atoms with Crippen LogP contribution in [0.4, 0.5) is 10.5 Å². The van der Waals surface area contributed by atoms with Gasteiger partial charge < -0.3 is 15.4 Å². The van der Waals surface area contributed by atoms with E-state index in [4.69, 9.17) is 10.3 Å². The Bertz CT molecular complexity index is 756. The van der Waals surface area contributed by atoms with Crippen LogP contribution in [-0.2, 0) is 26.0 Å². The molecule has 0 fully saturated rings. The van der Waals surface area contributed by atoms with Gasteiger partial charge in [-0.15, -0.1) is 0 Å². The van der Waals surface area contributed by atoms with Gasteiger partial charge in [-0.25, -0.2) is 13.2 Å². The van der Waals surface area contributed by atoms with Crippen molar-refractivity contribution < 1.29 is 22.7 Å². The van der Waals surface area contributed by atoms with E-state index in [1.807, 2.05) is 0 Å². The lowest BCUT2D eigenvalue weighted by atomic mass is 10.2. The Morgan fingerprint density at radius 3 is 2.52 bits per heavy atom. The summed E-state index contributed by atoms with van der Waals surface area (Å²) in [7, 11) is -3.14. The van der Waals surface area contributed by atoms with Crippen LogP contribution in [-0.4, -0.2) is 45.0 Å². The molecule has 2 N–H and O–H groups in total. The van der Waals surface area contributed by atoms with Crippen LogP contribution in [0.3, 0.4) is 0 Å². The van der Waals surface area contributed by atoms with Gasteiger partial charge in [-0.05, 0) is 30.2 Å². The topological polar surface area (TPSA) is 150 Å². The Balaban J connectivity index is 2.42. The van der Waals surface area contributed by atoms with E-state index in [9.17, 15) is 18.0 Å². The molecular formula is C14H19N5O5S. The average Bonchev–Trinajstić information content (AvgIpc) is 2.53. The SMILES string of the molecule is C[C@H](N=[N+]=[N-])C(=O)Nc1ccc(COC(=O)NCCS(C)(=O)=O)cc1. The average molecular weight is 369 g/mol. The van der Waals surface area contributed by atoms with Crippen molar-refractivity contribution in [2.24, 2.45) is 5.11 Å². The molecule has 0 spiro atoms. The minimum absolute atomic E-state index is 0.00589. The maximum absolute atomic E-state index is 11.7. The number of hydrogen-bond acceptors (Lipinski definition) is 6. The molecule has 10 nitrogen and oxygen atoms in total. The molecule has 0 aromatic heterocycles. The third-order valence-corrected chi connectivity index (χ3v) is 3.88. The molecule has 0 radical (unpaired) electrons. The summed E-state index contributed by atoms with van der Waals surface area (Å²) >= 11 is 0. The number of carbonyl (C=O) groups excluding carboxylic acids is 2. The van der Waals surface area contributed by atoms with Gasteiger partial charge in [0.1, 0.15) is 22.5 Å². The Labute approximate surface area is 145 Å². The first kappa shape index (κ1) is 20.3. The van der Waals surface area contributed by atoms with Crippen molar-refractivity contribution in [2.45, 2.75) is 19.6 Å². The van der Waals surface area contributed by atoms with Gasteiger partial charge in [0.15, 0.2) is 0 Å². The van der Waals surface area contributed by atoms with E-state index in [0.29, 0.717) is 11.3 Å². The second kappa shape index (κ2) is 9.50. The molecule has 0 aliphatic heterocycles.